The number of ether oxygens (including phenoxy) is 1. The lowest BCUT2D eigenvalue weighted by atomic mass is 9.99. The van der Waals surface area contributed by atoms with Gasteiger partial charge in [-0.1, -0.05) is 37.8 Å². The number of hydrazine groups is 1. The van der Waals surface area contributed by atoms with E-state index in [-0.39, 0.29) is 23.4 Å². The van der Waals surface area contributed by atoms with Crippen LogP contribution in [0.15, 0.2) is 66.0 Å². The van der Waals surface area contributed by atoms with Gasteiger partial charge in [-0.3, -0.25) is 19.8 Å². The third-order valence-electron chi connectivity index (χ3n) is 5.63. The van der Waals surface area contributed by atoms with Crippen molar-refractivity contribution in [2.75, 3.05) is 0 Å². The standard InChI is InChI=1S/C27H26F3N3O4/c1-5-18-13-17(4)31-25(35)23(18)15-33(32-24(34)6-2)26(36)22-14-20(8-7-16(22)3)19-9-11-21(12-10-19)37-27(28,29)30/h6-14H,2,5,15H2,1,3-4H3,(H,31,35)(H,32,34). The van der Waals surface area contributed by atoms with Crippen LogP contribution in [0.2, 0.25) is 0 Å². The van der Waals surface area contributed by atoms with Crippen LogP contribution in [0, 0.1) is 13.8 Å². The molecule has 0 spiro atoms. The summed E-state index contributed by atoms with van der Waals surface area (Å²) in [7, 11) is 0. The Hall–Kier alpha value is -4.34. The molecule has 0 atom stereocenters. The Labute approximate surface area is 211 Å². The Morgan fingerprint density at radius 2 is 1.73 bits per heavy atom. The molecule has 1 heterocycles. The van der Waals surface area contributed by atoms with Crippen molar-refractivity contribution in [3.05, 3.63) is 99.5 Å². The van der Waals surface area contributed by atoms with Crippen LogP contribution in [-0.2, 0) is 17.8 Å². The summed E-state index contributed by atoms with van der Waals surface area (Å²) in [4.78, 5) is 41.2. The maximum Gasteiger partial charge on any atom is 0.573 e. The van der Waals surface area contributed by atoms with Crippen molar-refractivity contribution in [2.45, 2.75) is 40.1 Å². The van der Waals surface area contributed by atoms with Gasteiger partial charge in [0.25, 0.3) is 17.4 Å². The van der Waals surface area contributed by atoms with E-state index in [2.05, 4.69) is 21.7 Å². The van der Waals surface area contributed by atoms with Crippen LogP contribution < -0.4 is 15.7 Å². The van der Waals surface area contributed by atoms with E-state index in [9.17, 15) is 27.6 Å². The number of benzene rings is 2. The minimum atomic E-state index is -4.80. The Bertz CT molecular complexity index is 1380. The van der Waals surface area contributed by atoms with Crippen molar-refractivity contribution in [3.63, 3.8) is 0 Å². The van der Waals surface area contributed by atoms with Crippen molar-refractivity contribution in [1.82, 2.24) is 15.4 Å². The molecule has 0 aliphatic heterocycles. The first-order valence-electron chi connectivity index (χ1n) is 11.3. The molecule has 2 amide bonds. The zero-order valence-corrected chi connectivity index (χ0v) is 20.5. The average Bonchev–Trinajstić information content (AvgIpc) is 2.84. The number of nitrogens with one attached hydrogen (secondary N) is 2. The van der Waals surface area contributed by atoms with Gasteiger partial charge in [-0.15, -0.1) is 13.2 Å². The predicted molar refractivity (Wildman–Crippen MR) is 133 cm³/mol. The van der Waals surface area contributed by atoms with E-state index >= 15 is 0 Å². The lowest BCUT2D eigenvalue weighted by Gasteiger charge is -2.24. The van der Waals surface area contributed by atoms with Crippen LogP contribution in [0.1, 0.15) is 39.7 Å². The van der Waals surface area contributed by atoms with Crippen molar-refractivity contribution < 1.29 is 27.5 Å². The Kier molecular flexibility index (Phi) is 8.21. The minimum absolute atomic E-state index is 0.190. The predicted octanol–water partition coefficient (Wildman–Crippen LogP) is 4.98. The highest BCUT2D eigenvalue weighted by molar-refractivity contribution is 5.98. The number of carbonyl (C=O) groups is 2. The quantitative estimate of drug-likeness (QED) is 0.344. The molecule has 7 nitrogen and oxygen atoms in total. The summed E-state index contributed by atoms with van der Waals surface area (Å²) < 4.78 is 41.3. The van der Waals surface area contributed by atoms with Gasteiger partial charge in [0.15, 0.2) is 0 Å². The van der Waals surface area contributed by atoms with Gasteiger partial charge in [-0.25, -0.2) is 5.01 Å². The van der Waals surface area contributed by atoms with E-state index in [0.29, 0.717) is 34.4 Å². The van der Waals surface area contributed by atoms with Gasteiger partial charge >= 0.3 is 6.36 Å². The maximum atomic E-state index is 13.6. The molecule has 0 unspecified atom stereocenters. The van der Waals surface area contributed by atoms with E-state index in [1.165, 1.54) is 24.3 Å². The molecule has 3 rings (SSSR count). The van der Waals surface area contributed by atoms with E-state index in [4.69, 9.17) is 0 Å². The molecule has 37 heavy (non-hydrogen) atoms. The van der Waals surface area contributed by atoms with Crippen molar-refractivity contribution in [3.8, 4) is 16.9 Å². The normalized spacial score (nSPS) is 11.1. The van der Waals surface area contributed by atoms with Gasteiger partial charge in [-0.05, 0) is 72.9 Å². The van der Waals surface area contributed by atoms with Crippen molar-refractivity contribution in [2.24, 2.45) is 0 Å². The first kappa shape index (κ1) is 27.3. The molecular weight excluding hydrogens is 487 g/mol. The van der Waals surface area contributed by atoms with E-state index in [1.54, 1.807) is 32.0 Å². The number of hydrogen-bond donors (Lipinski definition) is 2. The SMILES string of the molecule is C=CC(=O)NN(Cc1c(CC)cc(C)[nH]c1=O)C(=O)c1cc(-c2ccc(OC(F)(F)F)cc2)ccc1C. The topological polar surface area (TPSA) is 91.5 Å². The molecule has 0 aliphatic carbocycles. The van der Waals surface area contributed by atoms with E-state index < -0.39 is 18.2 Å². The highest BCUT2D eigenvalue weighted by Crippen LogP contribution is 2.28. The molecule has 3 aromatic rings. The smallest absolute Gasteiger partial charge is 0.406 e. The third kappa shape index (κ3) is 6.87. The zero-order valence-electron chi connectivity index (χ0n) is 20.5. The number of carbonyl (C=O) groups excluding carboxylic acids is 2. The number of aromatic nitrogens is 1. The first-order valence-corrected chi connectivity index (χ1v) is 11.3. The lowest BCUT2D eigenvalue weighted by Crippen LogP contribution is -2.46. The van der Waals surface area contributed by atoms with Gasteiger partial charge in [-0.2, -0.15) is 0 Å². The molecule has 1 aromatic heterocycles. The molecule has 0 bridgehead atoms. The minimum Gasteiger partial charge on any atom is -0.406 e. The number of amides is 2. The number of alkyl halides is 3. The molecule has 0 radical (unpaired) electrons. The third-order valence-corrected chi connectivity index (χ3v) is 5.63. The highest BCUT2D eigenvalue weighted by Gasteiger charge is 2.31. The largest absolute Gasteiger partial charge is 0.573 e. The zero-order chi connectivity index (χ0) is 27.3. The molecule has 2 aromatic carbocycles. The number of H-pyrrole nitrogens is 1. The second-order valence-corrected chi connectivity index (χ2v) is 8.31. The molecule has 10 heteroatoms. The van der Waals surface area contributed by atoms with Crippen LogP contribution in [0.4, 0.5) is 13.2 Å². The summed E-state index contributed by atoms with van der Waals surface area (Å²) in [6.45, 7) is 8.57. The number of rotatable bonds is 7. The highest BCUT2D eigenvalue weighted by atomic mass is 19.4. The second-order valence-electron chi connectivity index (χ2n) is 8.31. The second kappa shape index (κ2) is 11.2. The number of nitrogens with zero attached hydrogens (tertiary/aromatic N) is 1. The van der Waals surface area contributed by atoms with Crippen LogP contribution >= 0.6 is 0 Å². The Morgan fingerprint density at radius 1 is 1.08 bits per heavy atom. The van der Waals surface area contributed by atoms with Gasteiger partial charge in [0.1, 0.15) is 5.75 Å². The van der Waals surface area contributed by atoms with Crippen molar-refractivity contribution >= 4 is 11.8 Å². The van der Waals surface area contributed by atoms with Crippen LogP contribution in [-0.4, -0.2) is 28.2 Å². The number of hydrogen-bond acceptors (Lipinski definition) is 4. The molecular formula is C27H26F3N3O4. The first-order chi connectivity index (χ1) is 17.4. The summed E-state index contributed by atoms with van der Waals surface area (Å²) in [5, 5.41) is 1.05. The molecule has 0 saturated carbocycles. The fourth-order valence-electron chi connectivity index (χ4n) is 3.80. The fraction of sp³-hybridized carbons (Fsp3) is 0.222. The summed E-state index contributed by atoms with van der Waals surface area (Å²) in [6, 6.07) is 12.0. The summed E-state index contributed by atoms with van der Waals surface area (Å²) in [6.07, 6.45) is -3.25. The number of aromatic amines is 1. The van der Waals surface area contributed by atoms with Crippen molar-refractivity contribution in [1.29, 1.82) is 0 Å². The van der Waals surface area contributed by atoms with Gasteiger partial charge in [0.2, 0.25) is 0 Å². The molecule has 194 valence electrons. The van der Waals surface area contributed by atoms with Crippen LogP contribution in [0.25, 0.3) is 11.1 Å². The van der Waals surface area contributed by atoms with Gasteiger partial charge in [0.05, 0.1) is 6.54 Å². The summed E-state index contributed by atoms with van der Waals surface area (Å²) in [5.41, 5.74) is 5.79. The Balaban J connectivity index is 1.98. The van der Waals surface area contributed by atoms with Crippen LogP contribution in [0.3, 0.4) is 0 Å². The number of halogens is 3. The van der Waals surface area contributed by atoms with E-state index in [1.807, 2.05) is 13.0 Å². The lowest BCUT2D eigenvalue weighted by molar-refractivity contribution is -0.274. The van der Waals surface area contributed by atoms with Crippen LogP contribution in [0.5, 0.6) is 5.75 Å². The Morgan fingerprint density at radius 3 is 2.32 bits per heavy atom. The molecule has 0 fully saturated rings. The van der Waals surface area contributed by atoms with Gasteiger partial charge in [0, 0.05) is 16.8 Å². The summed E-state index contributed by atoms with van der Waals surface area (Å²) >= 11 is 0. The van der Waals surface area contributed by atoms with E-state index in [0.717, 1.165) is 16.6 Å². The number of pyridine rings is 1. The molecule has 0 aliphatic rings. The maximum absolute atomic E-state index is 13.6. The molecule has 0 saturated heterocycles. The monoisotopic (exact) mass is 513 g/mol. The summed E-state index contributed by atoms with van der Waals surface area (Å²) in [5.74, 6) is -1.58. The fourth-order valence-corrected chi connectivity index (χ4v) is 3.80. The number of aryl methyl sites for hydroxylation is 3. The molecule has 2 N–H and O–H groups in total. The van der Waals surface area contributed by atoms with Gasteiger partial charge < -0.3 is 9.72 Å². The average molecular weight is 514 g/mol.